The van der Waals surface area contributed by atoms with Gasteiger partial charge in [-0.3, -0.25) is 9.52 Å². The number of aryl methyl sites for hydroxylation is 1. The second kappa shape index (κ2) is 7.80. The Kier molecular flexibility index (Phi) is 5.70. The van der Waals surface area contributed by atoms with Crippen molar-refractivity contribution >= 4 is 37.3 Å². The van der Waals surface area contributed by atoms with E-state index in [0.29, 0.717) is 5.75 Å². The van der Waals surface area contributed by atoms with E-state index < -0.39 is 31.9 Å². The molecule has 162 valence electrons. The third-order valence-corrected chi connectivity index (χ3v) is 8.09. The number of methoxy groups -OCH3 is 2. The summed E-state index contributed by atoms with van der Waals surface area (Å²) in [4.78, 5) is 12.2. The molecule has 9 nitrogen and oxygen atoms in total. The fourth-order valence-corrected chi connectivity index (χ4v) is 6.34. The molecule has 1 aliphatic rings. The molecule has 0 bridgehead atoms. The lowest BCUT2D eigenvalue weighted by Crippen LogP contribution is -2.30. The van der Waals surface area contributed by atoms with Crippen molar-refractivity contribution in [2.24, 2.45) is 5.92 Å². The molecule has 0 radical (unpaired) electrons. The summed E-state index contributed by atoms with van der Waals surface area (Å²) in [7, 11) is -4.91. The van der Waals surface area contributed by atoms with Gasteiger partial charge in [0.1, 0.15) is 11.5 Å². The van der Waals surface area contributed by atoms with E-state index in [0.717, 1.165) is 4.31 Å². The number of rotatable bonds is 6. The number of ether oxygens (including phenoxy) is 2. The predicted octanol–water partition coefficient (Wildman–Crippen LogP) is 2.13. The van der Waals surface area contributed by atoms with Crippen molar-refractivity contribution in [1.82, 2.24) is 0 Å². The number of benzene rings is 2. The molecule has 2 aromatic carbocycles. The third kappa shape index (κ3) is 3.94. The van der Waals surface area contributed by atoms with Crippen LogP contribution in [0, 0.1) is 12.8 Å². The van der Waals surface area contributed by atoms with Gasteiger partial charge in [-0.1, -0.05) is 6.92 Å². The van der Waals surface area contributed by atoms with Crippen LogP contribution >= 0.6 is 0 Å². The molecule has 11 heteroatoms. The van der Waals surface area contributed by atoms with Gasteiger partial charge in [-0.25, -0.2) is 21.1 Å². The maximum absolute atomic E-state index is 12.9. The molecular weight excluding hydrogens is 432 g/mol. The van der Waals surface area contributed by atoms with Gasteiger partial charge in [-0.15, -0.1) is 0 Å². The number of amides is 1. The predicted molar refractivity (Wildman–Crippen MR) is 112 cm³/mol. The number of nitrogens with one attached hydrogen (secondary N) is 1. The Bertz CT molecular complexity index is 1210. The Morgan fingerprint density at radius 3 is 2.33 bits per heavy atom. The van der Waals surface area contributed by atoms with E-state index in [9.17, 15) is 21.6 Å². The van der Waals surface area contributed by atoms with Gasteiger partial charge in [0.05, 0.1) is 42.2 Å². The van der Waals surface area contributed by atoms with Crippen LogP contribution in [0.2, 0.25) is 0 Å². The van der Waals surface area contributed by atoms with Gasteiger partial charge in [-0.05, 0) is 42.8 Å². The van der Waals surface area contributed by atoms with Gasteiger partial charge in [0.2, 0.25) is 15.9 Å². The van der Waals surface area contributed by atoms with Crippen LogP contribution in [-0.4, -0.2) is 42.7 Å². The van der Waals surface area contributed by atoms with Crippen LogP contribution in [0.4, 0.5) is 11.4 Å². The number of nitrogens with zero attached hydrogens (tertiary/aromatic N) is 1. The van der Waals surface area contributed by atoms with E-state index in [1.54, 1.807) is 12.1 Å². The number of sulfonamides is 2. The lowest BCUT2D eigenvalue weighted by molar-refractivity contribution is -0.119. The minimum atomic E-state index is -4.01. The number of anilines is 2. The van der Waals surface area contributed by atoms with Gasteiger partial charge in [0, 0.05) is 6.07 Å². The molecule has 30 heavy (non-hydrogen) atoms. The molecule has 0 aliphatic carbocycles. The standard InChI is InChI=1S/C19H22N2O7S2/c1-12-9-14(21-19(22)13(2)11-29(21,23)24)5-8-18(12)30(25,26)20-16-7-6-15(27-3)10-17(16)28-4/h5-10,13,20H,11H2,1-4H3. The Labute approximate surface area is 175 Å². The molecule has 1 amide bonds. The van der Waals surface area contributed by atoms with E-state index >= 15 is 0 Å². The number of carbonyl (C=O) groups is 1. The molecule has 0 saturated carbocycles. The second-order valence-electron chi connectivity index (χ2n) is 6.90. The van der Waals surface area contributed by atoms with Crippen LogP contribution in [0.25, 0.3) is 0 Å². The van der Waals surface area contributed by atoms with Crippen molar-refractivity contribution in [3.8, 4) is 11.5 Å². The molecule has 0 aromatic heterocycles. The van der Waals surface area contributed by atoms with Crippen molar-refractivity contribution in [1.29, 1.82) is 0 Å². The number of hydrogen-bond acceptors (Lipinski definition) is 7. The van der Waals surface area contributed by atoms with Crippen molar-refractivity contribution in [2.45, 2.75) is 18.7 Å². The maximum atomic E-state index is 12.9. The molecule has 1 aliphatic heterocycles. The number of hydrogen-bond donors (Lipinski definition) is 1. The Morgan fingerprint density at radius 2 is 1.80 bits per heavy atom. The second-order valence-corrected chi connectivity index (χ2v) is 10.4. The molecule has 1 unspecified atom stereocenters. The zero-order chi connectivity index (χ0) is 22.3. The highest BCUT2D eigenvalue weighted by atomic mass is 32.2. The van der Waals surface area contributed by atoms with Crippen molar-refractivity contribution in [2.75, 3.05) is 29.0 Å². The summed E-state index contributed by atoms with van der Waals surface area (Å²) in [6.45, 7) is 3.07. The van der Waals surface area contributed by atoms with E-state index in [1.165, 1.54) is 52.3 Å². The molecular formula is C19H22N2O7S2. The highest BCUT2D eigenvalue weighted by Crippen LogP contribution is 2.33. The van der Waals surface area contributed by atoms with Crippen molar-refractivity contribution in [3.05, 3.63) is 42.0 Å². The number of carbonyl (C=O) groups excluding carboxylic acids is 1. The first kappa shape index (κ1) is 21.9. The molecule has 1 heterocycles. The third-order valence-electron chi connectivity index (χ3n) is 4.70. The van der Waals surface area contributed by atoms with Crippen LogP contribution in [0.3, 0.4) is 0 Å². The normalized spacial score (nSPS) is 18.3. The van der Waals surface area contributed by atoms with Crippen LogP contribution in [-0.2, 0) is 24.8 Å². The topological polar surface area (TPSA) is 119 Å². The summed E-state index contributed by atoms with van der Waals surface area (Å²) in [5, 5.41) is 0. The highest BCUT2D eigenvalue weighted by Gasteiger charge is 2.42. The first-order valence-corrected chi connectivity index (χ1v) is 12.0. The zero-order valence-corrected chi connectivity index (χ0v) is 18.5. The summed E-state index contributed by atoms with van der Waals surface area (Å²) >= 11 is 0. The molecule has 0 spiro atoms. The Balaban J connectivity index is 1.96. The van der Waals surface area contributed by atoms with Gasteiger partial charge >= 0.3 is 0 Å². The van der Waals surface area contributed by atoms with Crippen LogP contribution in [0.15, 0.2) is 41.3 Å². The minimum Gasteiger partial charge on any atom is -0.497 e. The van der Waals surface area contributed by atoms with Crippen molar-refractivity contribution in [3.63, 3.8) is 0 Å². The maximum Gasteiger partial charge on any atom is 0.262 e. The van der Waals surface area contributed by atoms with Crippen LogP contribution in [0.1, 0.15) is 12.5 Å². The lowest BCUT2D eigenvalue weighted by atomic mass is 10.2. The average Bonchev–Trinajstić information content (AvgIpc) is 2.88. The molecule has 2 aromatic rings. The largest absolute Gasteiger partial charge is 0.497 e. The zero-order valence-electron chi connectivity index (χ0n) is 16.9. The summed E-state index contributed by atoms with van der Waals surface area (Å²) in [5.74, 6) is -0.686. The fourth-order valence-electron chi connectivity index (χ4n) is 3.23. The van der Waals surface area contributed by atoms with E-state index in [1.807, 2.05) is 0 Å². The first-order chi connectivity index (χ1) is 14.0. The fraction of sp³-hybridized carbons (Fsp3) is 0.316. The Morgan fingerprint density at radius 1 is 1.10 bits per heavy atom. The summed E-state index contributed by atoms with van der Waals surface area (Å²) in [5.41, 5.74) is 0.616. The van der Waals surface area contributed by atoms with E-state index in [2.05, 4.69) is 4.72 Å². The summed E-state index contributed by atoms with van der Waals surface area (Å²) < 4.78 is 63.9. The van der Waals surface area contributed by atoms with Crippen molar-refractivity contribution < 1.29 is 31.1 Å². The van der Waals surface area contributed by atoms with Crippen LogP contribution in [0.5, 0.6) is 11.5 Å². The molecule has 1 atom stereocenters. The van der Waals surface area contributed by atoms with E-state index in [-0.39, 0.29) is 33.3 Å². The summed E-state index contributed by atoms with van der Waals surface area (Å²) in [6, 6.07) is 8.58. The quantitative estimate of drug-likeness (QED) is 0.710. The molecule has 3 rings (SSSR count). The lowest BCUT2D eigenvalue weighted by Gasteiger charge is -2.18. The van der Waals surface area contributed by atoms with Gasteiger partial charge in [0.25, 0.3) is 10.0 Å². The minimum absolute atomic E-state index is 0.0544. The smallest absolute Gasteiger partial charge is 0.262 e. The van der Waals surface area contributed by atoms with Gasteiger partial charge in [-0.2, -0.15) is 0 Å². The Hall–Kier alpha value is -2.79. The average molecular weight is 455 g/mol. The van der Waals surface area contributed by atoms with Crippen LogP contribution < -0.4 is 18.5 Å². The van der Waals surface area contributed by atoms with E-state index in [4.69, 9.17) is 9.47 Å². The molecule has 1 saturated heterocycles. The molecule has 1 fully saturated rings. The SMILES string of the molecule is COc1ccc(NS(=O)(=O)c2ccc(N3C(=O)C(C)CS3(=O)=O)cc2C)c(OC)c1. The first-order valence-electron chi connectivity index (χ1n) is 8.92. The van der Waals surface area contributed by atoms with Gasteiger partial charge in [0.15, 0.2) is 0 Å². The monoisotopic (exact) mass is 454 g/mol. The highest BCUT2D eigenvalue weighted by molar-refractivity contribution is 7.94. The van der Waals surface area contributed by atoms with Gasteiger partial charge < -0.3 is 9.47 Å². The molecule has 1 N–H and O–H groups in total. The summed E-state index contributed by atoms with van der Waals surface area (Å²) in [6.07, 6.45) is 0.